The Morgan fingerprint density at radius 3 is 2.58 bits per heavy atom. The largest absolute Gasteiger partial charge is 0.493 e. The smallest absolute Gasteiger partial charge is 0.262 e. The standard InChI is InChI=1S/C25H19BrCl2N2O3/c1-32-23-11-17(9-19(13-29)25(31)30-14-16-5-3-2-4-6-16)10-21(26)24(23)33-15-18-7-8-20(27)12-22(18)28/h2-12H,14-15H2,1H3,(H,30,31)/b19-9+. The fraction of sp³-hybridized carbons (Fsp3) is 0.120. The number of nitriles is 1. The number of halogens is 3. The van der Waals surface area contributed by atoms with Gasteiger partial charge >= 0.3 is 0 Å². The molecule has 0 aromatic heterocycles. The maximum absolute atomic E-state index is 12.5. The van der Waals surface area contributed by atoms with Gasteiger partial charge in [0.15, 0.2) is 11.5 Å². The van der Waals surface area contributed by atoms with E-state index in [1.165, 1.54) is 13.2 Å². The summed E-state index contributed by atoms with van der Waals surface area (Å²) in [5, 5.41) is 13.3. The Morgan fingerprint density at radius 1 is 1.15 bits per heavy atom. The lowest BCUT2D eigenvalue weighted by molar-refractivity contribution is -0.117. The molecule has 33 heavy (non-hydrogen) atoms. The average Bonchev–Trinajstić information content (AvgIpc) is 2.81. The summed E-state index contributed by atoms with van der Waals surface area (Å²) in [6.45, 7) is 0.525. The summed E-state index contributed by atoms with van der Waals surface area (Å²) < 4.78 is 12.0. The molecule has 0 aliphatic carbocycles. The number of ether oxygens (including phenoxy) is 2. The van der Waals surface area contributed by atoms with E-state index in [1.54, 1.807) is 30.3 Å². The molecule has 3 rings (SSSR count). The van der Waals surface area contributed by atoms with Gasteiger partial charge in [0.2, 0.25) is 0 Å². The van der Waals surface area contributed by atoms with E-state index in [0.717, 1.165) is 11.1 Å². The van der Waals surface area contributed by atoms with Crippen molar-refractivity contribution in [2.45, 2.75) is 13.2 Å². The van der Waals surface area contributed by atoms with Crippen LogP contribution >= 0.6 is 39.1 Å². The number of methoxy groups -OCH3 is 1. The van der Waals surface area contributed by atoms with Crippen molar-refractivity contribution in [2.24, 2.45) is 0 Å². The Kier molecular flexibility index (Phi) is 8.79. The van der Waals surface area contributed by atoms with Gasteiger partial charge in [0.05, 0.1) is 11.6 Å². The van der Waals surface area contributed by atoms with E-state index in [1.807, 2.05) is 36.4 Å². The van der Waals surface area contributed by atoms with Crippen molar-refractivity contribution in [3.63, 3.8) is 0 Å². The third kappa shape index (κ3) is 6.75. The van der Waals surface area contributed by atoms with Crippen LogP contribution in [0.1, 0.15) is 16.7 Å². The summed E-state index contributed by atoms with van der Waals surface area (Å²) in [4.78, 5) is 12.5. The quantitative estimate of drug-likeness (QED) is 0.257. The number of hydrogen-bond acceptors (Lipinski definition) is 4. The maximum atomic E-state index is 12.5. The Labute approximate surface area is 210 Å². The predicted octanol–water partition coefficient (Wildman–Crippen LogP) is 6.57. The van der Waals surface area contributed by atoms with Crippen LogP contribution in [0.15, 0.2) is 70.7 Å². The van der Waals surface area contributed by atoms with Gasteiger partial charge in [0.25, 0.3) is 5.91 Å². The van der Waals surface area contributed by atoms with Gasteiger partial charge < -0.3 is 14.8 Å². The van der Waals surface area contributed by atoms with Crippen LogP contribution in [0, 0.1) is 11.3 Å². The minimum Gasteiger partial charge on any atom is -0.493 e. The first-order valence-electron chi connectivity index (χ1n) is 9.79. The first-order chi connectivity index (χ1) is 15.9. The lowest BCUT2D eigenvalue weighted by Crippen LogP contribution is -2.23. The summed E-state index contributed by atoms with van der Waals surface area (Å²) in [6.07, 6.45) is 1.49. The Morgan fingerprint density at radius 2 is 1.91 bits per heavy atom. The van der Waals surface area contributed by atoms with Crippen molar-refractivity contribution in [3.05, 3.63) is 97.4 Å². The molecule has 1 N–H and O–H groups in total. The second-order valence-corrected chi connectivity index (χ2v) is 8.59. The Balaban J connectivity index is 1.77. The van der Waals surface area contributed by atoms with Gasteiger partial charge in [-0.15, -0.1) is 0 Å². The molecule has 168 valence electrons. The van der Waals surface area contributed by atoms with Gasteiger partial charge in [-0.05, 0) is 57.4 Å². The fourth-order valence-electron chi connectivity index (χ4n) is 2.94. The number of nitrogens with zero attached hydrogens (tertiary/aromatic N) is 1. The highest BCUT2D eigenvalue weighted by molar-refractivity contribution is 9.10. The Bertz CT molecular complexity index is 1220. The zero-order valence-electron chi connectivity index (χ0n) is 17.6. The molecule has 0 heterocycles. The molecule has 0 aliphatic rings. The lowest BCUT2D eigenvalue weighted by Gasteiger charge is -2.14. The fourth-order valence-corrected chi connectivity index (χ4v) is 3.98. The molecule has 0 atom stereocenters. The van der Waals surface area contributed by atoms with Gasteiger partial charge in [-0.3, -0.25) is 4.79 Å². The summed E-state index contributed by atoms with van der Waals surface area (Å²) in [5.41, 5.74) is 2.28. The minimum atomic E-state index is -0.464. The van der Waals surface area contributed by atoms with E-state index >= 15 is 0 Å². The minimum absolute atomic E-state index is 0.0264. The number of rotatable bonds is 8. The lowest BCUT2D eigenvalue weighted by atomic mass is 10.1. The molecule has 0 saturated heterocycles. The van der Waals surface area contributed by atoms with Gasteiger partial charge in [0.1, 0.15) is 18.2 Å². The van der Waals surface area contributed by atoms with Gasteiger partial charge in [-0.2, -0.15) is 5.26 Å². The number of carbonyl (C=O) groups excluding carboxylic acids is 1. The van der Waals surface area contributed by atoms with Crippen LogP contribution < -0.4 is 14.8 Å². The average molecular weight is 546 g/mol. The van der Waals surface area contributed by atoms with Crippen LogP contribution in [-0.2, 0) is 17.9 Å². The molecule has 0 saturated carbocycles. The van der Waals surface area contributed by atoms with Crippen LogP contribution in [0.2, 0.25) is 10.0 Å². The van der Waals surface area contributed by atoms with Crippen molar-refractivity contribution in [1.82, 2.24) is 5.32 Å². The zero-order valence-corrected chi connectivity index (χ0v) is 20.7. The second kappa shape index (κ2) is 11.8. The van der Waals surface area contributed by atoms with E-state index in [4.69, 9.17) is 32.7 Å². The number of hydrogen-bond donors (Lipinski definition) is 1. The molecule has 5 nitrogen and oxygen atoms in total. The maximum Gasteiger partial charge on any atom is 0.262 e. The molecule has 0 spiro atoms. The monoisotopic (exact) mass is 544 g/mol. The first kappa shape index (κ1) is 24.7. The molecule has 0 fully saturated rings. The van der Waals surface area contributed by atoms with Gasteiger partial charge in [-0.25, -0.2) is 0 Å². The van der Waals surface area contributed by atoms with Crippen LogP contribution in [0.25, 0.3) is 6.08 Å². The summed E-state index contributed by atoms with van der Waals surface area (Å²) in [5.74, 6) is 0.435. The highest BCUT2D eigenvalue weighted by atomic mass is 79.9. The summed E-state index contributed by atoms with van der Waals surface area (Å²) in [7, 11) is 1.51. The molecule has 0 bridgehead atoms. The third-order valence-electron chi connectivity index (χ3n) is 4.61. The van der Waals surface area contributed by atoms with Crippen LogP contribution in [0.3, 0.4) is 0 Å². The zero-order chi connectivity index (χ0) is 23.8. The number of benzene rings is 3. The van der Waals surface area contributed by atoms with Crippen LogP contribution in [0.5, 0.6) is 11.5 Å². The molecular weight excluding hydrogens is 527 g/mol. The van der Waals surface area contributed by atoms with Gasteiger partial charge in [-0.1, -0.05) is 59.6 Å². The van der Waals surface area contributed by atoms with Gasteiger partial charge in [0, 0.05) is 22.2 Å². The van der Waals surface area contributed by atoms with E-state index in [9.17, 15) is 10.1 Å². The van der Waals surface area contributed by atoms with Crippen molar-refractivity contribution in [2.75, 3.05) is 7.11 Å². The molecule has 0 unspecified atom stereocenters. The SMILES string of the molecule is COc1cc(/C=C(\C#N)C(=O)NCc2ccccc2)cc(Br)c1OCc1ccc(Cl)cc1Cl. The normalized spacial score (nSPS) is 10.9. The number of nitrogens with one attached hydrogen (secondary N) is 1. The van der Waals surface area contributed by atoms with E-state index < -0.39 is 5.91 Å². The van der Waals surface area contributed by atoms with Crippen LogP contribution in [0.4, 0.5) is 0 Å². The second-order valence-electron chi connectivity index (χ2n) is 6.90. The van der Waals surface area contributed by atoms with E-state index in [0.29, 0.717) is 38.1 Å². The van der Waals surface area contributed by atoms with Crippen molar-refractivity contribution in [1.29, 1.82) is 5.26 Å². The molecular formula is C25H19BrCl2N2O3. The highest BCUT2D eigenvalue weighted by Gasteiger charge is 2.15. The number of amides is 1. The predicted molar refractivity (Wildman–Crippen MR) is 133 cm³/mol. The van der Waals surface area contributed by atoms with E-state index in [2.05, 4.69) is 21.2 Å². The molecule has 1 amide bonds. The van der Waals surface area contributed by atoms with Crippen molar-refractivity contribution in [3.8, 4) is 17.6 Å². The van der Waals surface area contributed by atoms with Crippen molar-refractivity contribution >= 4 is 51.1 Å². The molecule has 0 radical (unpaired) electrons. The third-order valence-corrected chi connectivity index (χ3v) is 5.79. The summed E-state index contributed by atoms with van der Waals surface area (Å²) >= 11 is 15.6. The van der Waals surface area contributed by atoms with Crippen molar-refractivity contribution < 1.29 is 14.3 Å². The number of carbonyl (C=O) groups is 1. The molecule has 3 aromatic rings. The molecule has 8 heteroatoms. The topological polar surface area (TPSA) is 71.3 Å². The van der Waals surface area contributed by atoms with Crippen LogP contribution in [-0.4, -0.2) is 13.0 Å². The first-order valence-corrected chi connectivity index (χ1v) is 11.3. The highest BCUT2D eigenvalue weighted by Crippen LogP contribution is 2.38. The Hall–Kier alpha value is -2.98. The summed E-state index contributed by atoms with van der Waals surface area (Å²) in [6, 6.07) is 20.0. The molecule has 3 aromatic carbocycles. The van der Waals surface area contributed by atoms with E-state index in [-0.39, 0.29) is 12.2 Å². The molecule has 0 aliphatic heterocycles.